The highest BCUT2D eigenvalue weighted by molar-refractivity contribution is 6.13. The topological polar surface area (TPSA) is 20.2 Å². The molecule has 0 spiro atoms. The van der Waals surface area contributed by atoms with E-state index in [1.165, 1.54) is 66.9 Å². The van der Waals surface area contributed by atoms with E-state index in [1.54, 1.807) is 0 Å². The van der Waals surface area contributed by atoms with Crippen LogP contribution in [0.4, 0.5) is 17.1 Å². The van der Waals surface area contributed by atoms with E-state index < -0.39 is 0 Å². The average Bonchev–Trinajstić information content (AvgIpc) is 3.47. The number of nitrogens with zero attached hydrogens (tertiary/aromatic N) is 2. The van der Waals surface area contributed by atoms with Crippen molar-refractivity contribution in [3.8, 4) is 39.2 Å². The van der Waals surface area contributed by atoms with E-state index in [2.05, 4.69) is 197 Å². The normalized spacial score (nSPS) is 17.4. The Labute approximate surface area is 292 Å². The zero-order valence-corrected chi connectivity index (χ0v) is 27.6. The van der Waals surface area contributed by atoms with Crippen molar-refractivity contribution in [1.29, 1.82) is 0 Å². The number of benzene rings is 6. The van der Waals surface area contributed by atoms with Gasteiger partial charge in [-0.25, -0.2) is 0 Å². The van der Waals surface area contributed by atoms with E-state index in [0.717, 1.165) is 17.9 Å². The Bertz CT molecular complexity index is 2500. The minimum Gasteiger partial charge on any atom is -0.309 e. The second-order valence-corrected chi connectivity index (χ2v) is 13.3. The molecule has 1 aromatic heterocycles. The van der Waals surface area contributed by atoms with Crippen molar-refractivity contribution < 1.29 is 0 Å². The molecule has 6 aromatic carbocycles. The van der Waals surface area contributed by atoms with E-state index in [4.69, 9.17) is 0 Å². The maximum Gasteiger partial charge on any atom is 0.0641 e. The number of para-hydroxylation sites is 4. The van der Waals surface area contributed by atoms with Crippen molar-refractivity contribution in [2.24, 2.45) is 5.92 Å². The molecule has 2 unspecified atom stereocenters. The van der Waals surface area contributed by atoms with Crippen LogP contribution in [0.25, 0.3) is 55.7 Å². The van der Waals surface area contributed by atoms with E-state index in [1.807, 2.05) is 0 Å². The molecule has 0 fully saturated rings. The number of anilines is 3. The molecule has 1 aliphatic carbocycles. The second kappa shape index (κ2) is 11.8. The first-order chi connectivity index (χ1) is 24.8. The minimum atomic E-state index is 0.381. The summed E-state index contributed by atoms with van der Waals surface area (Å²) in [4.78, 5) is 2.45. The molecule has 3 aliphatic rings. The maximum atomic E-state index is 3.72. The molecule has 0 amide bonds. The van der Waals surface area contributed by atoms with E-state index in [-0.39, 0.29) is 0 Å². The smallest absolute Gasteiger partial charge is 0.0641 e. The molecular formula is C47H35N3. The number of hydrogen-bond acceptors (Lipinski definition) is 2. The first-order valence-corrected chi connectivity index (χ1v) is 17.5. The zero-order valence-electron chi connectivity index (χ0n) is 27.6. The molecule has 238 valence electrons. The number of rotatable bonds is 4. The van der Waals surface area contributed by atoms with Crippen molar-refractivity contribution in [3.05, 3.63) is 188 Å². The van der Waals surface area contributed by atoms with Gasteiger partial charge in [-0.2, -0.15) is 0 Å². The van der Waals surface area contributed by atoms with Gasteiger partial charge in [0.25, 0.3) is 0 Å². The van der Waals surface area contributed by atoms with Gasteiger partial charge in [0, 0.05) is 51.8 Å². The highest BCUT2D eigenvalue weighted by Gasteiger charge is 2.32. The quantitative estimate of drug-likeness (QED) is 0.206. The lowest BCUT2D eigenvalue weighted by atomic mass is 9.87. The van der Waals surface area contributed by atoms with Gasteiger partial charge in [0.1, 0.15) is 0 Å². The molecule has 0 saturated heterocycles. The van der Waals surface area contributed by atoms with E-state index >= 15 is 0 Å². The average molecular weight is 642 g/mol. The van der Waals surface area contributed by atoms with Gasteiger partial charge < -0.3 is 14.8 Å². The van der Waals surface area contributed by atoms with Crippen LogP contribution in [0.15, 0.2) is 182 Å². The molecule has 2 aliphatic heterocycles. The lowest BCUT2D eigenvalue weighted by Crippen LogP contribution is -2.38. The predicted octanol–water partition coefficient (Wildman–Crippen LogP) is 11.5. The van der Waals surface area contributed by atoms with Gasteiger partial charge in [-0.05, 0) is 53.1 Å². The Kier molecular flexibility index (Phi) is 6.78. The summed E-state index contributed by atoms with van der Waals surface area (Å²) in [7, 11) is 0. The van der Waals surface area contributed by atoms with Crippen LogP contribution in [0.5, 0.6) is 0 Å². The van der Waals surface area contributed by atoms with Crippen molar-refractivity contribution in [2.45, 2.75) is 6.04 Å². The molecular weight excluding hydrogens is 607 g/mol. The standard InChI is InChI=1S/C47H35N3/c1-2-14-33(15-3-1)37-17-5-10-22-42(37)50-44-24-12-7-19-39(44)46-38-18-6-11-23-43(38)49(45-25-13-8-20-40(45)47(46)50)36-28-26-32(27-29-36)35-30-34-16-4-9-21-41(34)48-31-35/h1-30,34,41,48H,31H2. The molecule has 10 rings (SSSR count). The molecule has 1 N–H and O–H groups in total. The van der Waals surface area contributed by atoms with Gasteiger partial charge in [0.15, 0.2) is 0 Å². The molecule has 2 atom stereocenters. The van der Waals surface area contributed by atoms with Crippen LogP contribution < -0.4 is 10.2 Å². The summed E-state index contributed by atoms with van der Waals surface area (Å²) in [6, 6.07) is 55.8. The molecule has 0 saturated carbocycles. The summed E-state index contributed by atoms with van der Waals surface area (Å²) >= 11 is 0. The van der Waals surface area contributed by atoms with Gasteiger partial charge in [-0.15, -0.1) is 0 Å². The van der Waals surface area contributed by atoms with Crippen LogP contribution in [0.3, 0.4) is 0 Å². The monoisotopic (exact) mass is 641 g/mol. The lowest BCUT2D eigenvalue weighted by Gasteiger charge is -2.30. The molecule has 7 aromatic rings. The Morgan fingerprint density at radius 2 is 1.16 bits per heavy atom. The predicted molar refractivity (Wildman–Crippen MR) is 209 cm³/mol. The van der Waals surface area contributed by atoms with Gasteiger partial charge in [0.05, 0.1) is 28.3 Å². The first kappa shape index (κ1) is 28.8. The summed E-state index contributed by atoms with van der Waals surface area (Å²) < 4.78 is 2.50. The second-order valence-electron chi connectivity index (χ2n) is 13.3. The number of allylic oxidation sites excluding steroid dienone is 2. The fourth-order valence-electron chi connectivity index (χ4n) is 8.23. The minimum absolute atomic E-state index is 0.381. The van der Waals surface area contributed by atoms with Crippen molar-refractivity contribution in [1.82, 2.24) is 9.88 Å². The van der Waals surface area contributed by atoms with Crippen LogP contribution in [-0.4, -0.2) is 17.2 Å². The summed E-state index contributed by atoms with van der Waals surface area (Å²) in [5.74, 6) is 0.388. The SMILES string of the molecule is C1=CC2C=C(c3ccc(N4c5ccccc5-c5c(n(-c6ccccc6-c6ccccc6)c6ccccc56)-c5ccccc54)cc3)CNC2C=C1. The third-order valence-electron chi connectivity index (χ3n) is 10.5. The van der Waals surface area contributed by atoms with Crippen LogP contribution in [-0.2, 0) is 0 Å². The molecule has 0 bridgehead atoms. The maximum absolute atomic E-state index is 3.72. The third kappa shape index (κ3) is 4.55. The Balaban J connectivity index is 1.19. The number of hydrogen-bond donors (Lipinski definition) is 1. The van der Waals surface area contributed by atoms with E-state index in [9.17, 15) is 0 Å². The summed E-state index contributed by atoms with van der Waals surface area (Å²) in [5, 5.41) is 4.96. The fourth-order valence-corrected chi connectivity index (χ4v) is 8.23. The van der Waals surface area contributed by atoms with Crippen LogP contribution in [0.1, 0.15) is 5.56 Å². The summed E-state index contributed by atoms with van der Waals surface area (Å²) in [6.07, 6.45) is 11.3. The lowest BCUT2D eigenvalue weighted by molar-refractivity contribution is 0.541. The molecule has 3 heterocycles. The Morgan fingerprint density at radius 3 is 1.98 bits per heavy atom. The third-order valence-corrected chi connectivity index (χ3v) is 10.5. The van der Waals surface area contributed by atoms with Crippen molar-refractivity contribution in [3.63, 3.8) is 0 Å². The molecule has 3 heteroatoms. The van der Waals surface area contributed by atoms with E-state index in [0.29, 0.717) is 12.0 Å². The molecule has 0 radical (unpaired) electrons. The van der Waals surface area contributed by atoms with Crippen LogP contribution in [0, 0.1) is 5.92 Å². The largest absolute Gasteiger partial charge is 0.309 e. The number of nitrogens with one attached hydrogen (secondary N) is 1. The zero-order chi connectivity index (χ0) is 33.0. The molecule has 3 nitrogen and oxygen atoms in total. The van der Waals surface area contributed by atoms with Crippen LogP contribution >= 0.6 is 0 Å². The summed E-state index contributed by atoms with van der Waals surface area (Å²) in [5.41, 5.74) is 15.7. The number of aromatic nitrogens is 1. The van der Waals surface area contributed by atoms with Crippen molar-refractivity contribution >= 4 is 33.5 Å². The van der Waals surface area contributed by atoms with Crippen LogP contribution in [0.2, 0.25) is 0 Å². The Morgan fingerprint density at radius 1 is 0.520 bits per heavy atom. The van der Waals surface area contributed by atoms with Gasteiger partial charge in [-0.3, -0.25) is 0 Å². The Hall–Kier alpha value is -6.16. The number of fused-ring (bicyclic) bond motifs is 8. The summed E-state index contributed by atoms with van der Waals surface area (Å²) in [6.45, 7) is 0.865. The van der Waals surface area contributed by atoms with Gasteiger partial charge in [-0.1, -0.05) is 146 Å². The first-order valence-electron chi connectivity index (χ1n) is 17.5. The van der Waals surface area contributed by atoms with Gasteiger partial charge >= 0.3 is 0 Å². The highest BCUT2D eigenvalue weighted by atomic mass is 15.2. The highest BCUT2D eigenvalue weighted by Crippen LogP contribution is 2.54. The van der Waals surface area contributed by atoms with Gasteiger partial charge in [0.2, 0.25) is 0 Å². The fraction of sp³-hybridized carbons (Fsp3) is 0.0638. The van der Waals surface area contributed by atoms with Crippen molar-refractivity contribution in [2.75, 3.05) is 11.4 Å². The molecule has 50 heavy (non-hydrogen) atoms.